The van der Waals surface area contributed by atoms with Crippen molar-refractivity contribution < 1.29 is 29.3 Å². The summed E-state index contributed by atoms with van der Waals surface area (Å²) in [5.74, 6) is -1.75. The second kappa shape index (κ2) is 14.0. The van der Waals surface area contributed by atoms with Crippen molar-refractivity contribution in [1.82, 2.24) is 14.9 Å². The van der Waals surface area contributed by atoms with E-state index in [1.54, 1.807) is 12.1 Å². The van der Waals surface area contributed by atoms with E-state index in [4.69, 9.17) is 4.98 Å². The highest BCUT2D eigenvalue weighted by Gasteiger charge is 2.26. The van der Waals surface area contributed by atoms with Gasteiger partial charge < -0.3 is 30.0 Å². The molecule has 1 amide bonds. The average molecular weight is 539 g/mol. The molecule has 3 rings (SSSR count). The van der Waals surface area contributed by atoms with Gasteiger partial charge in [0.1, 0.15) is 17.3 Å². The molecule has 39 heavy (non-hydrogen) atoms. The van der Waals surface area contributed by atoms with Gasteiger partial charge in [-0.1, -0.05) is 44.2 Å². The molecule has 0 bridgehead atoms. The molecule has 8 nitrogen and oxygen atoms in total. The molecule has 210 valence electrons. The number of halogens is 1. The molecule has 0 unspecified atom stereocenters. The molecule has 0 aliphatic carbocycles. The Labute approximate surface area is 228 Å². The zero-order valence-electron chi connectivity index (χ0n) is 22.6. The van der Waals surface area contributed by atoms with Gasteiger partial charge in [-0.3, -0.25) is 4.79 Å². The van der Waals surface area contributed by atoms with Crippen molar-refractivity contribution >= 4 is 11.9 Å². The first-order valence-electron chi connectivity index (χ1n) is 13.3. The Bertz CT molecular complexity index is 1230. The molecule has 2 aromatic carbocycles. The lowest BCUT2D eigenvalue weighted by Crippen LogP contribution is -2.34. The fourth-order valence-electron chi connectivity index (χ4n) is 4.64. The third-order valence-corrected chi connectivity index (χ3v) is 6.59. The SMILES string of the molecule is CC(C)c1c(C(=O)N[C@@H](C)CCc2ccccc2)nc(-c2ccc(F)cc2)n1CC[C@@H](O)C[C@@H](O)CC(=O)[O-]. The lowest BCUT2D eigenvalue weighted by Gasteiger charge is -2.19. The highest BCUT2D eigenvalue weighted by Crippen LogP contribution is 2.29. The molecule has 9 heteroatoms. The second-order valence-corrected chi connectivity index (χ2v) is 10.3. The molecule has 0 aliphatic heterocycles. The number of aliphatic hydroxyl groups is 2. The van der Waals surface area contributed by atoms with Crippen LogP contribution in [0.5, 0.6) is 0 Å². The number of hydrogen-bond acceptors (Lipinski definition) is 6. The van der Waals surface area contributed by atoms with Gasteiger partial charge in [0.25, 0.3) is 5.91 Å². The van der Waals surface area contributed by atoms with Gasteiger partial charge in [-0.2, -0.15) is 0 Å². The summed E-state index contributed by atoms with van der Waals surface area (Å²) < 4.78 is 15.5. The minimum absolute atomic E-state index is 0.104. The minimum atomic E-state index is -1.39. The van der Waals surface area contributed by atoms with Crippen LogP contribution in [-0.2, 0) is 17.8 Å². The largest absolute Gasteiger partial charge is 0.550 e. The molecular formula is C30H37FN3O5-. The number of rotatable bonds is 14. The van der Waals surface area contributed by atoms with E-state index in [0.717, 1.165) is 12.8 Å². The van der Waals surface area contributed by atoms with Gasteiger partial charge in [-0.05, 0) is 68.4 Å². The van der Waals surface area contributed by atoms with Crippen LogP contribution in [0.2, 0.25) is 0 Å². The summed E-state index contributed by atoms with van der Waals surface area (Å²) in [6, 6.07) is 15.7. The molecule has 0 radical (unpaired) electrons. The lowest BCUT2D eigenvalue weighted by atomic mass is 10.0. The first-order valence-corrected chi connectivity index (χ1v) is 13.3. The summed E-state index contributed by atoms with van der Waals surface area (Å²) in [6.45, 7) is 6.08. The summed E-state index contributed by atoms with van der Waals surface area (Å²) in [4.78, 5) is 28.9. The van der Waals surface area contributed by atoms with Crippen LogP contribution < -0.4 is 10.4 Å². The maximum atomic E-state index is 13.7. The number of imidazole rings is 1. The van der Waals surface area contributed by atoms with Crippen molar-refractivity contribution in [3.63, 3.8) is 0 Å². The zero-order chi connectivity index (χ0) is 28.5. The fourth-order valence-corrected chi connectivity index (χ4v) is 4.64. The van der Waals surface area contributed by atoms with Crippen LogP contribution in [0.1, 0.15) is 74.1 Å². The molecule has 3 aromatic rings. The van der Waals surface area contributed by atoms with E-state index < -0.39 is 30.4 Å². The van der Waals surface area contributed by atoms with Gasteiger partial charge in [0.05, 0.1) is 17.9 Å². The van der Waals surface area contributed by atoms with E-state index in [-0.39, 0.29) is 42.9 Å². The monoisotopic (exact) mass is 538 g/mol. The van der Waals surface area contributed by atoms with Crippen LogP contribution in [-0.4, -0.2) is 49.9 Å². The number of aryl methyl sites for hydroxylation is 1. The molecule has 0 saturated carbocycles. The van der Waals surface area contributed by atoms with Crippen molar-refractivity contribution in [2.75, 3.05) is 0 Å². The molecule has 1 aromatic heterocycles. The van der Waals surface area contributed by atoms with E-state index in [1.165, 1.54) is 17.7 Å². The summed E-state index contributed by atoms with van der Waals surface area (Å²) in [7, 11) is 0. The van der Waals surface area contributed by atoms with E-state index in [2.05, 4.69) is 5.32 Å². The van der Waals surface area contributed by atoms with Gasteiger partial charge in [0.15, 0.2) is 0 Å². The Balaban J connectivity index is 1.85. The number of carbonyl (C=O) groups is 2. The van der Waals surface area contributed by atoms with Crippen LogP contribution in [0.25, 0.3) is 11.4 Å². The standard InChI is InChI=1S/C30H38FN3O5/c1-19(2)28-27(30(39)32-20(3)9-10-21-7-5-4-6-8-21)33-29(22-11-13-23(31)14-12-22)34(28)16-15-24(35)17-25(36)18-26(37)38/h4-8,11-14,19-20,24-25,35-36H,9-10,15-18H2,1-3H3,(H,32,39)(H,37,38)/p-1/t20-,24+,25+/m0/s1. The maximum absolute atomic E-state index is 13.7. The Morgan fingerprint density at radius 1 is 1.00 bits per heavy atom. The highest BCUT2D eigenvalue weighted by atomic mass is 19.1. The summed E-state index contributed by atoms with van der Waals surface area (Å²) in [6.07, 6.45) is -1.16. The number of benzene rings is 2. The average Bonchev–Trinajstić information content (AvgIpc) is 3.27. The second-order valence-electron chi connectivity index (χ2n) is 10.3. The highest BCUT2D eigenvalue weighted by molar-refractivity contribution is 5.94. The molecule has 1 heterocycles. The number of aliphatic carboxylic acids is 1. The molecular weight excluding hydrogens is 501 g/mol. The Morgan fingerprint density at radius 3 is 2.28 bits per heavy atom. The minimum Gasteiger partial charge on any atom is -0.550 e. The normalized spacial score (nSPS) is 13.7. The molecule has 0 aliphatic rings. The molecule has 0 spiro atoms. The van der Waals surface area contributed by atoms with Gasteiger partial charge in [-0.25, -0.2) is 9.37 Å². The van der Waals surface area contributed by atoms with Crippen LogP contribution in [0.3, 0.4) is 0 Å². The molecule has 0 saturated heterocycles. The van der Waals surface area contributed by atoms with Crippen molar-refractivity contribution in [2.45, 2.75) is 83.6 Å². The Hall–Kier alpha value is -3.56. The topological polar surface area (TPSA) is 128 Å². The predicted molar refractivity (Wildman–Crippen MR) is 144 cm³/mol. The number of carbonyl (C=O) groups excluding carboxylic acids is 2. The van der Waals surface area contributed by atoms with E-state index in [0.29, 0.717) is 17.1 Å². The van der Waals surface area contributed by atoms with Gasteiger partial charge in [-0.15, -0.1) is 0 Å². The summed E-state index contributed by atoms with van der Waals surface area (Å²) >= 11 is 0. The van der Waals surface area contributed by atoms with Crippen LogP contribution in [0, 0.1) is 5.82 Å². The summed E-state index contributed by atoms with van der Waals surface area (Å²) in [5.41, 5.74) is 2.74. The van der Waals surface area contributed by atoms with E-state index in [9.17, 15) is 29.3 Å². The number of carboxylic acid groups (broad SMARTS) is 1. The van der Waals surface area contributed by atoms with Crippen LogP contribution in [0.4, 0.5) is 4.39 Å². The summed E-state index contributed by atoms with van der Waals surface area (Å²) in [5, 5.41) is 34.1. The number of carboxylic acids is 1. The maximum Gasteiger partial charge on any atom is 0.272 e. The quantitative estimate of drug-likeness (QED) is 0.289. The van der Waals surface area contributed by atoms with Gasteiger partial charge >= 0.3 is 0 Å². The number of nitrogens with zero attached hydrogens (tertiary/aromatic N) is 2. The van der Waals surface area contributed by atoms with Crippen molar-refractivity contribution in [2.24, 2.45) is 0 Å². The Morgan fingerprint density at radius 2 is 1.67 bits per heavy atom. The predicted octanol–water partition coefficient (Wildman–Crippen LogP) is 3.21. The smallest absolute Gasteiger partial charge is 0.272 e. The number of hydrogen-bond donors (Lipinski definition) is 3. The first-order chi connectivity index (χ1) is 18.5. The van der Waals surface area contributed by atoms with E-state index in [1.807, 2.05) is 55.7 Å². The first kappa shape index (κ1) is 30.0. The number of amides is 1. The fraction of sp³-hybridized carbons (Fsp3) is 0.433. The van der Waals surface area contributed by atoms with E-state index >= 15 is 0 Å². The molecule has 0 fully saturated rings. The Kier molecular flexibility index (Phi) is 10.8. The number of aliphatic hydroxyl groups excluding tert-OH is 2. The van der Waals surface area contributed by atoms with Crippen LogP contribution in [0.15, 0.2) is 54.6 Å². The van der Waals surface area contributed by atoms with Crippen molar-refractivity contribution in [3.8, 4) is 11.4 Å². The van der Waals surface area contributed by atoms with Crippen molar-refractivity contribution in [3.05, 3.63) is 77.4 Å². The zero-order valence-corrected chi connectivity index (χ0v) is 22.6. The van der Waals surface area contributed by atoms with Gasteiger partial charge in [0, 0.05) is 30.5 Å². The molecule has 3 atom stereocenters. The number of nitrogens with one attached hydrogen (secondary N) is 1. The third kappa shape index (κ3) is 8.73. The number of aromatic nitrogens is 2. The van der Waals surface area contributed by atoms with Crippen molar-refractivity contribution in [1.29, 1.82) is 0 Å². The molecule has 3 N–H and O–H groups in total. The van der Waals surface area contributed by atoms with Gasteiger partial charge in [0.2, 0.25) is 0 Å². The lowest BCUT2D eigenvalue weighted by molar-refractivity contribution is -0.307. The third-order valence-electron chi connectivity index (χ3n) is 6.59. The van der Waals surface area contributed by atoms with Crippen LogP contribution >= 0.6 is 0 Å².